The third-order valence-corrected chi connectivity index (χ3v) is 3.70. The minimum absolute atomic E-state index is 0.00169. The number of carbonyl (C=O) groups excluding carboxylic acids is 1. The second-order valence-corrected chi connectivity index (χ2v) is 5.11. The summed E-state index contributed by atoms with van der Waals surface area (Å²) in [5.41, 5.74) is 0. The van der Waals surface area contributed by atoms with Gasteiger partial charge in [-0.2, -0.15) is 0 Å². The number of rotatable bonds is 2. The molecule has 18 heavy (non-hydrogen) atoms. The summed E-state index contributed by atoms with van der Waals surface area (Å²) in [6.07, 6.45) is 2.51. The smallest absolute Gasteiger partial charge is 0.326 e. The maximum absolute atomic E-state index is 12.1. The lowest BCUT2D eigenvalue weighted by atomic mass is 9.91. The molecule has 0 aromatic rings. The van der Waals surface area contributed by atoms with Crippen LogP contribution in [0.15, 0.2) is 0 Å². The van der Waals surface area contributed by atoms with Gasteiger partial charge in [0, 0.05) is 13.2 Å². The van der Waals surface area contributed by atoms with Gasteiger partial charge in [-0.25, -0.2) is 9.59 Å². The minimum Gasteiger partial charge on any atom is -0.480 e. The van der Waals surface area contributed by atoms with Gasteiger partial charge in [0.05, 0.1) is 12.6 Å². The Bertz CT molecular complexity index is 328. The van der Waals surface area contributed by atoms with Crippen LogP contribution in [0.4, 0.5) is 4.79 Å². The molecule has 6 heteroatoms. The number of amides is 2. The van der Waals surface area contributed by atoms with Gasteiger partial charge in [-0.3, -0.25) is 0 Å². The van der Waals surface area contributed by atoms with E-state index < -0.39 is 12.0 Å². The summed E-state index contributed by atoms with van der Waals surface area (Å²) in [6, 6.07) is -0.963. The summed E-state index contributed by atoms with van der Waals surface area (Å²) in [5.74, 6) is -0.915. The molecule has 2 amide bonds. The summed E-state index contributed by atoms with van der Waals surface area (Å²) in [4.78, 5) is 24.8. The van der Waals surface area contributed by atoms with Gasteiger partial charge in [-0.05, 0) is 25.2 Å². The van der Waals surface area contributed by atoms with E-state index in [-0.39, 0.29) is 18.0 Å². The average Bonchev–Trinajstić information content (AvgIpc) is 2.80. The minimum atomic E-state index is -0.917. The summed E-state index contributed by atoms with van der Waals surface area (Å²) >= 11 is 0. The summed E-state index contributed by atoms with van der Waals surface area (Å²) in [5, 5.41) is 12.1. The maximum Gasteiger partial charge on any atom is 0.326 e. The SMILES string of the molecule is CC1CCCN(C(=O)NC2CCOC2)C1C(=O)O. The van der Waals surface area contributed by atoms with Crippen LogP contribution in [0.3, 0.4) is 0 Å². The zero-order chi connectivity index (χ0) is 13.1. The fourth-order valence-corrected chi connectivity index (χ4v) is 2.70. The molecule has 3 unspecified atom stereocenters. The molecule has 3 atom stereocenters. The van der Waals surface area contributed by atoms with E-state index in [9.17, 15) is 14.7 Å². The number of piperidine rings is 1. The number of carboxylic acids is 1. The molecule has 0 aromatic carbocycles. The highest BCUT2D eigenvalue weighted by molar-refractivity contribution is 5.83. The first kappa shape index (κ1) is 13.1. The van der Waals surface area contributed by atoms with Crippen molar-refractivity contribution in [2.75, 3.05) is 19.8 Å². The second-order valence-electron chi connectivity index (χ2n) is 5.11. The number of carbonyl (C=O) groups is 2. The third kappa shape index (κ3) is 2.75. The number of hydrogen-bond donors (Lipinski definition) is 2. The highest BCUT2D eigenvalue weighted by Crippen LogP contribution is 2.23. The van der Waals surface area contributed by atoms with Gasteiger partial charge in [0.15, 0.2) is 0 Å². The fraction of sp³-hybridized carbons (Fsp3) is 0.833. The van der Waals surface area contributed by atoms with Gasteiger partial charge < -0.3 is 20.1 Å². The first-order chi connectivity index (χ1) is 8.59. The van der Waals surface area contributed by atoms with E-state index in [0.717, 1.165) is 19.3 Å². The second kappa shape index (κ2) is 5.56. The van der Waals surface area contributed by atoms with Crippen LogP contribution in [0.5, 0.6) is 0 Å². The monoisotopic (exact) mass is 256 g/mol. The molecule has 2 fully saturated rings. The topological polar surface area (TPSA) is 78.9 Å². The van der Waals surface area contributed by atoms with Gasteiger partial charge in [0.25, 0.3) is 0 Å². The Kier molecular flexibility index (Phi) is 4.06. The van der Waals surface area contributed by atoms with E-state index >= 15 is 0 Å². The van der Waals surface area contributed by atoms with Crippen LogP contribution in [0.2, 0.25) is 0 Å². The molecule has 0 saturated carbocycles. The molecule has 6 nitrogen and oxygen atoms in total. The molecule has 2 heterocycles. The summed E-state index contributed by atoms with van der Waals surface area (Å²) < 4.78 is 5.19. The van der Waals surface area contributed by atoms with Crippen molar-refractivity contribution in [1.82, 2.24) is 10.2 Å². The molecular formula is C12H20N2O4. The van der Waals surface area contributed by atoms with Crippen molar-refractivity contribution in [3.63, 3.8) is 0 Å². The number of aliphatic carboxylic acids is 1. The molecular weight excluding hydrogens is 236 g/mol. The van der Waals surface area contributed by atoms with Crippen molar-refractivity contribution in [3.8, 4) is 0 Å². The van der Waals surface area contributed by atoms with Crippen molar-refractivity contribution in [2.24, 2.45) is 5.92 Å². The van der Waals surface area contributed by atoms with Crippen molar-refractivity contribution < 1.29 is 19.4 Å². The van der Waals surface area contributed by atoms with Crippen molar-refractivity contribution in [3.05, 3.63) is 0 Å². The molecule has 2 aliphatic rings. The Balaban J connectivity index is 1.99. The van der Waals surface area contributed by atoms with Crippen LogP contribution in [0.1, 0.15) is 26.2 Å². The van der Waals surface area contributed by atoms with E-state index in [4.69, 9.17) is 4.74 Å². The number of likely N-dealkylation sites (tertiary alicyclic amines) is 1. The van der Waals surface area contributed by atoms with E-state index in [1.807, 2.05) is 6.92 Å². The highest BCUT2D eigenvalue weighted by atomic mass is 16.5. The molecule has 102 valence electrons. The van der Waals surface area contributed by atoms with Gasteiger partial charge >= 0.3 is 12.0 Å². The van der Waals surface area contributed by atoms with Crippen LogP contribution < -0.4 is 5.32 Å². The Morgan fingerprint density at radius 3 is 2.78 bits per heavy atom. The Hall–Kier alpha value is -1.30. The van der Waals surface area contributed by atoms with Gasteiger partial charge in [0.2, 0.25) is 0 Å². The number of carboxylic acid groups (broad SMARTS) is 1. The van der Waals surface area contributed by atoms with Crippen molar-refractivity contribution in [1.29, 1.82) is 0 Å². The lowest BCUT2D eigenvalue weighted by molar-refractivity contribution is -0.145. The zero-order valence-electron chi connectivity index (χ0n) is 10.6. The van der Waals surface area contributed by atoms with E-state index in [2.05, 4.69) is 5.32 Å². The molecule has 0 spiro atoms. The van der Waals surface area contributed by atoms with Crippen molar-refractivity contribution in [2.45, 2.75) is 38.3 Å². The predicted octanol–water partition coefficient (Wildman–Crippen LogP) is 0.670. The summed E-state index contributed by atoms with van der Waals surface area (Å²) in [7, 11) is 0. The van der Waals surface area contributed by atoms with Gasteiger partial charge in [-0.15, -0.1) is 0 Å². The predicted molar refractivity (Wildman–Crippen MR) is 64.3 cm³/mol. The van der Waals surface area contributed by atoms with Crippen LogP contribution >= 0.6 is 0 Å². The summed E-state index contributed by atoms with van der Waals surface area (Å²) in [6.45, 7) is 3.58. The number of ether oxygens (including phenoxy) is 1. The molecule has 2 saturated heterocycles. The van der Waals surface area contributed by atoms with Crippen molar-refractivity contribution >= 4 is 12.0 Å². The number of nitrogens with one attached hydrogen (secondary N) is 1. The molecule has 2 aliphatic heterocycles. The normalized spacial score (nSPS) is 32.3. The largest absolute Gasteiger partial charge is 0.480 e. The Morgan fingerprint density at radius 1 is 1.39 bits per heavy atom. The number of hydrogen-bond acceptors (Lipinski definition) is 3. The Labute approximate surface area is 106 Å². The van der Waals surface area contributed by atoms with Crippen LogP contribution in [0.25, 0.3) is 0 Å². The lowest BCUT2D eigenvalue weighted by Crippen LogP contribution is -2.56. The molecule has 0 aliphatic carbocycles. The quantitative estimate of drug-likeness (QED) is 0.761. The van der Waals surface area contributed by atoms with Gasteiger partial charge in [0.1, 0.15) is 6.04 Å². The van der Waals surface area contributed by atoms with E-state index in [0.29, 0.717) is 19.8 Å². The standard InChI is InChI=1S/C12H20N2O4/c1-8-3-2-5-14(10(8)11(15)16)12(17)13-9-4-6-18-7-9/h8-10H,2-7H2,1H3,(H,13,17)(H,15,16). The molecule has 0 aromatic heterocycles. The number of nitrogens with zero attached hydrogens (tertiary/aromatic N) is 1. The maximum atomic E-state index is 12.1. The lowest BCUT2D eigenvalue weighted by Gasteiger charge is -2.37. The number of urea groups is 1. The van der Waals surface area contributed by atoms with E-state index in [1.165, 1.54) is 4.90 Å². The highest BCUT2D eigenvalue weighted by Gasteiger charge is 2.37. The molecule has 2 rings (SSSR count). The van der Waals surface area contributed by atoms with Crippen LogP contribution in [-0.2, 0) is 9.53 Å². The molecule has 0 radical (unpaired) electrons. The van der Waals surface area contributed by atoms with Gasteiger partial charge in [-0.1, -0.05) is 6.92 Å². The van der Waals surface area contributed by atoms with Crippen LogP contribution in [0, 0.1) is 5.92 Å². The average molecular weight is 256 g/mol. The van der Waals surface area contributed by atoms with E-state index in [1.54, 1.807) is 0 Å². The molecule has 0 bridgehead atoms. The van der Waals surface area contributed by atoms with Crippen LogP contribution in [-0.4, -0.2) is 53.8 Å². The Morgan fingerprint density at radius 2 is 2.17 bits per heavy atom. The first-order valence-electron chi connectivity index (χ1n) is 6.47. The molecule has 2 N–H and O–H groups in total. The first-order valence-corrected chi connectivity index (χ1v) is 6.47. The zero-order valence-corrected chi connectivity index (χ0v) is 10.6. The third-order valence-electron chi connectivity index (χ3n) is 3.70. The fourth-order valence-electron chi connectivity index (χ4n) is 2.70.